The summed E-state index contributed by atoms with van der Waals surface area (Å²) in [4.78, 5) is 27.1. The second kappa shape index (κ2) is 5.72. The lowest BCUT2D eigenvalue weighted by molar-refractivity contribution is -0.139. The molecular weight excluding hydrogens is 292 g/mol. The Morgan fingerprint density at radius 1 is 1.17 bits per heavy atom. The average Bonchev–Trinajstić information content (AvgIpc) is 3.26. The van der Waals surface area contributed by atoms with E-state index in [1.54, 1.807) is 6.26 Å². The summed E-state index contributed by atoms with van der Waals surface area (Å²) in [6.07, 6.45) is 7.60. The number of likely N-dealkylation sites (tertiary alicyclic amines) is 1. The fourth-order valence-corrected chi connectivity index (χ4v) is 3.84. The summed E-state index contributed by atoms with van der Waals surface area (Å²) in [7, 11) is 0. The van der Waals surface area contributed by atoms with E-state index in [4.69, 9.17) is 4.42 Å². The molecule has 0 bridgehead atoms. The van der Waals surface area contributed by atoms with E-state index in [1.807, 2.05) is 39.9 Å². The molecule has 4 rings (SSSR count). The minimum Gasteiger partial charge on any atom is -0.467 e. The number of fused-ring (bicyclic) bond motifs is 1. The lowest BCUT2D eigenvalue weighted by Gasteiger charge is -2.38. The molecule has 120 valence electrons. The largest absolute Gasteiger partial charge is 0.467 e. The van der Waals surface area contributed by atoms with Gasteiger partial charge < -0.3 is 13.9 Å². The molecular formula is C18H20N2O3. The minimum absolute atomic E-state index is 0.0166. The number of carbonyl (C=O) groups is 2. The van der Waals surface area contributed by atoms with Crippen molar-refractivity contribution in [1.82, 2.24) is 9.47 Å². The van der Waals surface area contributed by atoms with E-state index in [-0.39, 0.29) is 23.8 Å². The molecule has 2 unspecified atom stereocenters. The molecule has 5 nitrogen and oxygen atoms in total. The molecule has 0 radical (unpaired) electrons. The molecule has 2 aromatic rings. The van der Waals surface area contributed by atoms with Gasteiger partial charge in [0.05, 0.1) is 18.0 Å². The molecule has 0 saturated carbocycles. The van der Waals surface area contributed by atoms with E-state index in [2.05, 4.69) is 0 Å². The molecule has 0 aliphatic carbocycles. The zero-order chi connectivity index (χ0) is 15.8. The quantitative estimate of drug-likeness (QED) is 0.854. The number of piperidine rings is 1. The van der Waals surface area contributed by atoms with Crippen LogP contribution in [-0.4, -0.2) is 27.7 Å². The van der Waals surface area contributed by atoms with Gasteiger partial charge in [0.1, 0.15) is 11.8 Å². The summed E-state index contributed by atoms with van der Waals surface area (Å²) in [6, 6.07) is 7.22. The summed E-state index contributed by atoms with van der Waals surface area (Å²) in [5.41, 5.74) is 0.654. The Balaban J connectivity index is 1.63. The summed E-state index contributed by atoms with van der Waals surface area (Å²) < 4.78 is 7.41. The first-order valence-corrected chi connectivity index (χ1v) is 8.29. The highest BCUT2D eigenvalue weighted by atomic mass is 16.3. The maximum atomic E-state index is 13.2. The van der Waals surface area contributed by atoms with E-state index in [0.29, 0.717) is 18.5 Å². The SMILES string of the molecule is O=C1CCC(C(=O)N2CCCCC2c2ccco2)n2cccc21. The molecule has 1 saturated heterocycles. The maximum absolute atomic E-state index is 13.2. The monoisotopic (exact) mass is 312 g/mol. The van der Waals surface area contributed by atoms with Crippen molar-refractivity contribution in [3.05, 3.63) is 48.2 Å². The van der Waals surface area contributed by atoms with Gasteiger partial charge in [-0.2, -0.15) is 0 Å². The third-order valence-corrected chi connectivity index (χ3v) is 4.99. The Kier molecular flexibility index (Phi) is 3.56. The second-order valence-corrected chi connectivity index (χ2v) is 6.34. The highest BCUT2D eigenvalue weighted by molar-refractivity contribution is 5.97. The van der Waals surface area contributed by atoms with Crippen LogP contribution in [0.15, 0.2) is 41.1 Å². The smallest absolute Gasteiger partial charge is 0.246 e. The molecule has 23 heavy (non-hydrogen) atoms. The molecule has 5 heteroatoms. The van der Waals surface area contributed by atoms with Crippen LogP contribution >= 0.6 is 0 Å². The van der Waals surface area contributed by atoms with Gasteiger partial charge in [-0.25, -0.2) is 0 Å². The molecule has 4 heterocycles. The molecule has 0 N–H and O–H groups in total. The van der Waals surface area contributed by atoms with Crippen LogP contribution in [0.25, 0.3) is 0 Å². The van der Waals surface area contributed by atoms with Crippen molar-refractivity contribution >= 4 is 11.7 Å². The van der Waals surface area contributed by atoms with Crippen molar-refractivity contribution in [2.24, 2.45) is 0 Å². The summed E-state index contributed by atoms with van der Waals surface area (Å²) in [6.45, 7) is 0.755. The van der Waals surface area contributed by atoms with E-state index in [1.165, 1.54) is 0 Å². The average molecular weight is 312 g/mol. The van der Waals surface area contributed by atoms with Gasteiger partial charge in [-0.3, -0.25) is 9.59 Å². The highest BCUT2D eigenvalue weighted by Crippen LogP contribution is 2.35. The predicted molar refractivity (Wildman–Crippen MR) is 84.0 cm³/mol. The summed E-state index contributed by atoms with van der Waals surface area (Å²) in [5, 5.41) is 0. The molecule has 2 atom stereocenters. The number of aromatic nitrogens is 1. The third-order valence-electron chi connectivity index (χ3n) is 4.99. The van der Waals surface area contributed by atoms with E-state index < -0.39 is 0 Å². The van der Waals surface area contributed by atoms with Crippen LogP contribution in [0, 0.1) is 0 Å². The number of carbonyl (C=O) groups excluding carboxylic acids is 2. The minimum atomic E-state index is -0.270. The van der Waals surface area contributed by atoms with E-state index in [9.17, 15) is 9.59 Å². The van der Waals surface area contributed by atoms with Crippen LogP contribution < -0.4 is 0 Å². The highest BCUT2D eigenvalue weighted by Gasteiger charge is 2.37. The van der Waals surface area contributed by atoms with Gasteiger partial charge in [0.2, 0.25) is 5.91 Å². The normalized spacial score (nSPS) is 24.5. The zero-order valence-corrected chi connectivity index (χ0v) is 13.0. The van der Waals surface area contributed by atoms with E-state index >= 15 is 0 Å². The van der Waals surface area contributed by atoms with Crippen molar-refractivity contribution in [2.45, 2.75) is 44.2 Å². The van der Waals surface area contributed by atoms with Crippen molar-refractivity contribution in [3.8, 4) is 0 Å². The number of Topliss-reactive ketones (excluding diaryl/α,β-unsaturated/α-hetero) is 1. The van der Waals surface area contributed by atoms with Crippen molar-refractivity contribution < 1.29 is 14.0 Å². The van der Waals surface area contributed by atoms with Crippen LogP contribution in [0.3, 0.4) is 0 Å². The third kappa shape index (κ3) is 2.40. The van der Waals surface area contributed by atoms with Crippen LogP contribution in [0.4, 0.5) is 0 Å². The summed E-state index contributed by atoms with van der Waals surface area (Å²) in [5.74, 6) is 1.09. The predicted octanol–water partition coefficient (Wildman–Crippen LogP) is 3.35. The molecule has 0 spiro atoms. The van der Waals surface area contributed by atoms with Gasteiger partial charge in [-0.05, 0) is 49.9 Å². The standard InChI is InChI=1S/C18H20N2O3/c21-16-9-8-15(19-11-3-6-13(16)19)18(22)20-10-2-1-5-14(20)17-7-4-12-23-17/h3-4,6-7,11-12,14-15H,1-2,5,8-10H2. The van der Waals surface area contributed by atoms with Crippen LogP contribution in [-0.2, 0) is 4.79 Å². The Hall–Kier alpha value is -2.30. The molecule has 1 amide bonds. The number of ketones is 1. The van der Waals surface area contributed by atoms with Gasteiger partial charge in [0.15, 0.2) is 5.78 Å². The number of amides is 1. The van der Waals surface area contributed by atoms with Gasteiger partial charge in [0.25, 0.3) is 0 Å². The van der Waals surface area contributed by atoms with Crippen LogP contribution in [0.5, 0.6) is 0 Å². The number of nitrogens with zero attached hydrogens (tertiary/aromatic N) is 2. The number of hydrogen-bond acceptors (Lipinski definition) is 3. The van der Waals surface area contributed by atoms with Crippen molar-refractivity contribution in [3.63, 3.8) is 0 Å². The number of hydrogen-bond donors (Lipinski definition) is 0. The Morgan fingerprint density at radius 3 is 2.91 bits per heavy atom. The van der Waals surface area contributed by atoms with Crippen LogP contribution in [0.1, 0.15) is 60.4 Å². The van der Waals surface area contributed by atoms with Crippen molar-refractivity contribution in [2.75, 3.05) is 6.54 Å². The van der Waals surface area contributed by atoms with Gasteiger partial charge in [0, 0.05) is 19.2 Å². The van der Waals surface area contributed by atoms with Gasteiger partial charge in [-0.15, -0.1) is 0 Å². The fourth-order valence-electron chi connectivity index (χ4n) is 3.84. The number of rotatable bonds is 2. The Bertz CT molecular complexity index is 716. The first-order chi connectivity index (χ1) is 11.3. The first kappa shape index (κ1) is 14.3. The Labute approximate surface area is 134 Å². The van der Waals surface area contributed by atoms with E-state index in [0.717, 1.165) is 31.6 Å². The molecule has 2 aliphatic heterocycles. The zero-order valence-electron chi connectivity index (χ0n) is 13.0. The lowest BCUT2D eigenvalue weighted by Crippen LogP contribution is -2.43. The molecule has 2 aliphatic rings. The fraction of sp³-hybridized carbons (Fsp3) is 0.444. The lowest BCUT2D eigenvalue weighted by atomic mass is 9.96. The number of furan rings is 1. The molecule has 1 fully saturated rings. The topological polar surface area (TPSA) is 55.5 Å². The van der Waals surface area contributed by atoms with Crippen molar-refractivity contribution in [1.29, 1.82) is 0 Å². The molecule has 0 aromatic carbocycles. The van der Waals surface area contributed by atoms with Gasteiger partial charge >= 0.3 is 0 Å². The Morgan fingerprint density at radius 2 is 2.09 bits per heavy atom. The maximum Gasteiger partial charge on any atom is 0.246 e. The second-order valence-electron chi connectivity index (χ2n) is 6.34. The van der Waals surface area contributed by atoms with Gasteiger partial charge in [-0.1, -0.05) is 0 Å². The first-order valence-electron chi connectivity index (χ1n) is 8.29. The molecule has 2 aromatic heterocycles. The summed E-state index contributed by atoms with van der Waals surface area (Å²) >= 11 is 0. The van der Waals surface area contributed by atoms with Crippen LogP contribution in [0.2, 0.25) is 0 Å².